The standard InChI is InChI=1S/C24H23FN2O5/c1-16-19(11-26-22(23(16)30)21(29)14-28)13-27(12-17-7-9-20(25)10-8-17)24(31)32-15-18-5-3-2-4-6-18/h2-11,28,30H,12-15H2,1H3. The van der Waals surface area contributed by atoms with E-state index in [4.69, 9.17) is 9.84 Å². The zero-order valence-electron chi connectivity index (χ0n) is 17.5. The molecule has 1 amide bonds. The first-order valence-electron chi connectivity index (χ1n) is 9.90. The second-order valence-corrected chi connectivity index (χ2v) is 7.21. The van der Waals surface area contributed by atoms with E-state index < -0.39 is 18.5 Å². The SMILES string of the molecule is Cc1c(CN(Cc2ccc(F)cc2)C(=O)OCc2ccccc2)cnc(C(=O)CO)c1O. The van der Waals surface area contributed by atoms with Crippen molar-refractivity contribution in [2.75, 3.05) is 6.61 Å². The third-order valence-corrected chi connectivity index (χ3v) is 4.93. The molecule has 0 aliphatic carbocycles. The van der Waals surface area contributed by atoms with Crippen LogP contribution in [0.5, 0.6) is 5.75 Å². The molecule has 0 spiro atoms. The average Bonchev–Trinajstić information content (AvgIpc) is 2.81. The van der Waals surface area contributed by atoms with Crippen LogP contribution in [0.25, 0.3) is 0 Å². The zero-order valence-corrected chi connectivity index (χ0v) is 17.5. The monoisotopic (exact) mass is 438 g/mol. The molecule has 0 aliphatic rings. The summed E-state index contributed by atoms with van der Waals surface area (Å²) < 4.78 is 18.7. The molecule has 2 aromatic carbocycles. The molecule has 166 valence electrons. The summed E-state index contributed by atoms with van der Waals surface area (Å²) in [5.41, 5.74) is 2.13. The minimum atomic E-state index is -0.776. The van der Waals surface area contributed by atoms with E-state index in [-0.39, 0.29) is 37.0 Å². The Morgan fingerprint density at radius 1 is 1.03 bits per heavy atom. The summed E-state index contributed by atoms with van der Waals surface area (Å²) in [6.45, 7) is 1.05. The molecule has 0 unspecified atom stereocenters. The van der Waals surface area contributed by atoms with Crippen molar-refractivity contribution in [3.05, 3.63) is 94.6 Å². The molecule has 7 nitrogen and oxygen atoms in total. The summed E-state index contributed by atoms with van der Waals surface area (Å²) in [7, 11) is 0. The number of amides is 1. The molecule has 0 radical (unpaired) electrons. The highest BCUT2D eigenvalue weighted by Gasteiger charge is 2.21. The number of aromatic hydroxyl groups is 1. The first kappa shape index (κ1) is 22.9. The molecule has 0 saturated carbocycles. The third kappa shape index (κ3) is 5.67. The quantitative estimate of drug-likeness (QED) is 0.520. The highest BCUT2D eigenvalue weighted by atomic mass is 19.1. The van der Waals surface area contributed by atoms with Crippen LogP contribution in [0.15, 0.2) is 60.8 Å². The Balaban J connectivity index is 1.83. The highest BCUT2D eigenvalue weighted by Crippen LogP contribution is 2.25. The van der Waals surface area contributed by atoms with Crippen molar-refractivity contribution in [1.29, 1.82) is 0 Å². The zero-order chi connectivity index (χ0) is 23.1. The molecule has 0 aliphatic heterocycles. The van der Waals surface area contributed by atoms with Gasteiger partial charge >= 0.3 is 6.09 Å². The number of nitrogens with zero attached hydrogens (tertiary/aromatic N) is 2. The molecule has 0 atom stereocenters. The van der Waals surface area contributed by atoms with Crippen LogP contribution in [0.3, 0.4) is 0 Å². The molecule has 2 N–H and O–H groups in total. The van der Waals surface area contributed by atoms with Gasteiger partial charge < -0.3 is 14.9 Å². The summed E-state index contributed by atoms with van der Waals surface area (Å²) in [5.74, 6) is -1.44. The van der Waals surface area contributed by atoms with Crippen LogP contribution in [-0.4, -0.2) is 38.6 Å². The molecule has 0 fully saturated rings. The Morgan fingerprint density at radius 2 is 1.72 bits per heavy atom. The molecule has 1 aromatic heterocycles. The first-order valence-corrected chi connectivity index (χ1v) is 9.90. The van der Waals surface area contributed by atoms with Gasteiger partial charge in [0.1, 0.15) is 24.8 Å². The number of aliphatic hydroxyl groups is 1. The number of ether oxygens (including phenoxy) is 1. The van der Waals surface area contributed by atoms with E-state index in [2.05, 4.69) is 4.98 Å². The number of hydrogen-bond acceptors (Lipinski definition) is 6. The predicted octanol–water partition coefficient (Wildman–Crippen LogP) is 3.75. The van der Waals surface area contributed by atoms with Gasteiger partial charge in [-0.05, 0) is 41.3 Å². The molecule has 1 heterocycles. The van der Waals surface area contributed by atoms with Crippen molar-refractivity contribution >= 4 is 11.9 Å². The van der Waals surface area contributed by atoms with Crippen molar-refractivity contribution < 1.29 is 28.9 Å². The number of halogens is 1. The number of pyridine rings is 1. The predicted molar refractivity (Wildman–Crippen MR) is 114 cm³/mol. The Kier molecular flexibility index (Phi) is 7.51. The molecule has 8 heteroatoms. The number of rotatable bonds is 8. The number of ketones is 1. The Hall–Kier alpha value is -3.78. The maximum Gasteiger partial charge on any atom is 0.410 e. The van der Waals surface area contributed by atoms with Crippen molar-refractivity contribution in [3.63, 3.8) is 0 Å². The summed E-state index contributed by atoms with van der Waals surface area (Å²) in [5, 5.41) is 19.4. The summed E-state index contributed by atoms with van der Waals surface area (Å²) in [4.78, 5) is 29.9. The highest BCUT2D eigenvalue weighted by molar-refractivity contribution is 5.97. The number of benzene rings is 2. The van der Waals surface area contributed by atoms with Crippen LogP contribution >= 0.6 is 0 Å². The molecule has 0 bridgehead atoms. The average molecular weight is 438 g/mol. The Morgan fingerprint density at radius 3 is 2.38 bits per heavy atom. The Bertz CT molecular complexity index is 1090. The lowest BCUT2D eigenvalue weighted by Crippen LogP contribution is -2.31. The van der Waals surface area contributed by atoms with Crippen LogP contribution in [0.2, 0.25) is 0 Å². The normalized spacial score (nSPS) is 10.6. The Labute approximate surface area is 184 Å². The third-order valence-electron chi connectivity index (χ3n) is 4.93. The second-order valence-electron chi connectivity index (χ2n) is 7.21. The van der Waals surface area contributed by atoms with Crippen molar-refractivity contribution in [2.24, 2.45) is 0 Å². The number of hydrogen-bond donors (Lipinski definition) is 2. The number of aliphatic hydroxyl groups excluding tert-OH is 1. The van der Waals surface area contributed by atoms with Gasteiger partial charge in [-0.2, -0.15) is 0 Å². The maximum atomic E-state index is 13.3. The van der Waals surface area contributed by atoms with Gasteiger partial charge in [-0.1, -0.05) is 42.5 Å². The second kappa shape index (κ2) is 10.5. The number of carbonyl (C=O) groups excluding carboxylic acids is 2. The fraction of sp³-hybridized carbons (Fsp3) is 0.208. The molecule has 32 heavy (non-hydrogen) atoms. The first-order chi connectivity index (χ1) is 15.4. The number of carbonyl (C=O) groups is 2. The van der Waals surface area contributed by atoms with Gasteiger partial charge in [0.15, 0.2) is 5.69 Å². The van der Waals surface area contributed by atoms with Gasteiger partial charge in [-0.25, -0.2) is 14.2 Å². The van der Waals surface area contributed by atoms with Crippen molar-refractivity contribution in [3.8, 4) is 5.75 Å². The number of Topliss-reactive ketones (excluding diaryl/α,β-unsaturated/α-hetero) is 1. The summed E-state index contributed by atoms with van der Waals surface area (Å²) >= 11 is 0. The summed E-state index contributed by atoms with van der Waals surface area (Å²) in [6.07, 6.45) is 0.771. The van der Waals surface area contributed by atoms with E-state index in [1.54, 1.807) is 19.1 Å². The van der Waals surface area contributed by atoms with Gasteiger partial charge in [0, 0.05) is 12.7 Å². The fourth-order valence-electron chi connectivity index (χ4n) is 3.08. The van der Waals surface area contributed by atoms with Crippen LogP contribution in [-0.2, 0) is 24.4 Å². The van der Waals surface area contributed by atoms with Crippen LogP contribution in [0.4, 0.5) is 9.18 Å². The minimum Gasteiger partial charge on any atom is -0.505 e. The molecule has 0 saturated heterocycles. The van der Waals surface area contributed by atoms with E-state index in [0.29, 0.717) is 16.7 Å². The van der Waals surface area contributed by atoms with Gasteiger partial charge in [-0.3, -0.25) is 9.69 Å². The fourth-order valence-corrected chi connectivity index (χ4v) is 3.08. The number of aromatic nitrogens is 1. The lowest BCUT2D eigenvalue weighted by Gasteiger charge is -2.23. The maximum absolute atomic E-state index is 13.3. The van der Waals surface area contributed by atoms with Gasteiger partial charge in [0.05, 0.1) is 6.54 Å². The van der Waals surface area contributed by atoms with Gasteiger partial charge in [0.2, 0.25) is 5.78 Å². The smallest absolute Gasteiger partial charge is 0.410 e. The van der Waals surface area contributed by atoms with Crippen LogP contribution in [0.1, 0.15) is 32.7 Å². The molecule has 3 aromatic rings. The topological polar surface area (TPSA) is 100.0 Å². The molecule has 3 rings (SSSR count). The van der Waals surface area contributed by atoms with Gasteiger partial charge in [0.25, 0.3) is 0 Å². The van der Waals surface area contributed by atoms with E-state index in [1.807, 2.05) is 30.3 Å². The van der Waals surface area contributed by atoms with Crippen LogP contribution in [0, 0.1) is 12.7 Å². The van der Waals surface area contributed by atoms with E-state index in [0.717, 1.165) is 5.56 Å². The summed E-state index contributed by atoms with van der Waals surface area (Å²) in [6, 6.07) is 14.9. The largest absolute Gasteiger partial charge is 0.505 e. The lowest BCUT2D eigenvalue weighted by molar-refractivity contribution is 0.0888. The van der Waals surface area contributed by atoms with Gasteiger partial charge in [-0.15, -0.1) is 0 Å². The van der Waals surface area contributed by atoms with Crippen molar-refractivity contribution in [1.82, 2.24) is 9.88 Å². The minimum absolute atomic E-state index is 0.0327. The van der Waals surface area contributed by atoms with E-state index >= 15 is 0 Å². The van der Waals surface area contributed by atoms with Crippen LogP contribution < -0.4 is 0 Å². The molecular formula is C24H23FN2O5. The lowest BCUT2D eigenvalue weighted by atomic mass is 10.1. The van der Waals surface area contributed by atoms with Crippen molar-refractivity contribution in [2.45, 2.75) is 26.6 Å². The van der Waals surface area contributed by atoms with E-state index in [9.17, 15) is 19.1 Å². The molecular weight excluding hydrogens is 415 g/mol. The van der Waals surface area contributed by atoms with E-state index in [1.165, 1.54) is 23.2 Å².